The highest BCUT2D eigenvalue weighted by Gasteiger charge is 2.31. The Morgan fingerprint density at radius 3 is 2.68 bits per heavy atom. The third-order valence-electron chi connectivity index (χ3n) is 4.12. The molecule has 5 nitrogen and oxygen atoms in total. The first-order valence-electron chi connectivity index (χ1n) is 7.74. The zero-order valence-electron chi connectivity index (χ0n) is 12.3. The van der Waals surface area contributed by atoms with E-state index in [1.807, 2.05) is 12.1 Å². The number of likely N-dealkylation sites (tertiary alicyclic amines) is 1. The standard InChI is InChI=1S/C16H20ClN3O2/c17-13-5-1-2-6-14(13)19-15(21)11-4-3-9-20(10-11)16(22)18-12-7-8-12/h1-2,5-6,11-12H,3-4,7-10H2,(H,18,22)(H,19,21). The molecule has 1 aliphatic heterocycles. The maximum atomic E-state index is 12.4. The number of hydrogen-bond acceptors (Lipinski definition) is 2. The minimum Gasteiger partial charge on any atom is -0.335 e. The molecule has 1 saturated carbocycles. The van der Waals surface area contributed by atoms with E-state index in [1.165, 1.54) is 0 Å². The van der Waals surface area contributed by atoms with Crippen LogP contribution in [0.2, 0.25) is 5.02 Å². The lowest BCUT2D eigenvalue weighted by Crippen LogP contribution is -2.48. The molecule has 1 saturated heterocycles. The van der Waals surface area contributed by atoms with Gasteiger partial charge in [0.25, 0.3) is 0 Å². The number of piperidine rings is 1. The van der Waals surface area contributed by atoms with E-state index < -0.39 is 0 Å². The molecular formula is C16H20ClN3O2. The summed E-state index contributed by atoms with van der Waals surface area (Å²) in [6.07, 6.45) is 3.77. The second-order valence-electron chi connectivity index (χ2n) is 5.98. The number of rotatable bonds is 3. The Kier molecular flexibility index (Phi) is 4.52. The van der Waals surface area contributed by atoms with Crippen molar-refractivity contribution in [1.82, 2.24) is 10.2 Å². The Hall–Kier alpha value is -1.75. The van der Waals surface area contributed by atoms with E-state index in [-0.39, 0.29) is 17.9 Å². The maximum absolute atomic E-state index is 12.4. The molecule has 0 spiro atoms. The first-order valence-corrected chi connectivity index (χ1v) is 8.12. The second-order valence-corrected chi connectivity index (χ2v) is 6.39. The van der Waals surface area contributed by atoms with Gasteiger partial charge in [0, 0.05) is 19.1 Å². The molecular weight excluding hydrogens is 302 g/mol. The predicted octanol–water partition coefficient (Wildman–Crippen LogP) is 2.86. The predicted molar refractivity (Wildman–Crippen MR) is 85.9 cm³/mol. The smallest absolute Gasteiger partial charge is 0.317 e. The Morgan fingerprint density at radius 1 is 1.18 bits per heavy atom. The van der Waals surface area contributed by atoms with Gasteiger partial charge in [-0.05, 0) is 37.8 Å². The largest absolute Gasteiger partial charge is 0.335 e. The summed E-state index contributed by atoms with van der Waals surface area (Å²) in [6.45, 7) is 1.18. The lowest BCUT2D eigenvalue weighted by molar-refractivity contribution is -0.121. The minimum atomic E-state index is -0.185. The molecule has 3 rings (SSSR count). The highest BCUT2D eigenvalue weighted by atomic mass is 35.5. The van der Waals surface area contributed by atoms with E-state index in [1.54, 1.807) is 17.0 Å². The number of carbonyl (C=O) groups excluding carboxylic acids is 2. The second kappa shape index (κ2) is 6.57. The molecule has 0 aromatic heterocycles. The Bertz CT molecular complexity index is 574. The van der Waals surface area contributed by atoms with Gasteiger partial charge in [0.1, 0.15) is 0 Å². The molecule has 1 aromatic rings. The summed E-state index contributed by atoms with van der Waals surface area (Å²) < 4.78 is 0. The third-order valence-corrected chi connectivity index (χ3v) is 4.45. The number of nitrogens with one attached hydrogen (secondary N) is 2. The fourth-order valence-electron chi connectivity index (χ4n) is 2.67. The van der Waals surface area contributed by atoms with E-state index >= 15 is 0 Å². The van der Waals surface area contributed by atoms with Crippen LogP contribution in [0.3, 0.4) is 0 Å². The fraction of sp³-hybridized carbons (Fsp3) is 0.500. The van der Waals surface area contributed by atoms with Gasteiger partial charge >= 0.3 is 6.03 Å². The van der Waals surface area contributed by atoms with Crippen LogP contribution in [0.1, 0.15) is 25.7 Å². The topological polar surface area (TPSA) is 61.4 Å². The van der Waals surface area contributed by atoms with Crippen molar-refractivity contribution in [3.63, 3.8) is 0 Å². The van der Waals surface area contributed by atoms with Crippen LogP contribution in [-0.4, -0.2) is 36.0 Å². The Morgan fingerprint density at radius 2 is 1.95 bits per heavy atom. The van der Waals surface area contributed by atoms with Gasteiger partial charge in [-0.15, -0.1) is 0 Å². The molecule has 2 fully saturated rings. The zero-order valence-corrected chi connectivity index (χ0v) is 13.1. The maximum Gasteiger partial charge on any atom is 0.317 e. The summed E-state index contributed by atoms with van der Waals surface area (Å²) >= 11 is 6.06. The summed E-state index contributed by atoms with van der Waals surface area (Å²) in [6, 6.07) is 7.47. The van der Waals surface area contributed by atoms with Crippen LogP contribution in [0.15, 0.2) is 24.3 Å². The van der Waals surface area contributed by atoms with Crippen LogP contribution in [0.25, 0.3) is 0 Å². The molecule has 6 heteroatoms. The van der Waals surface area contributed by atoms with Gasteiger partial charge in [0.15, 0.2) is 0 Å². The average Bonchev–Trinajstić information content (AvgIpc) is 3.33. The van der Waals surface area contributed by atoms with Crippen LogP contribution in [-0.2, 0) is 4.79 Å². The van der Waals surface area contributed by atoms with Crippen molar-refractivity contribution in [2.75, 3.05) is 18.4 Å². The van der Waals surface area contributed by atoms with Gasteiger partial charge in [0.05, 0.1) is 16.6 Å². The highest BCUT2D eigenvalue weighted by Crippen LogP contribution is 2.24. The number of carbonyl (C=O) groups is 2. The number of hydrogen-bond donors (Lipinski definition) is 2. The average molecular weight is 322 g/mol. The normalized spacial score (nSPS) is 21.3. The van der Waals surface area contributed by atoms with Crippen LogP contribution < -0.4 is 10.6 Å². The first-order chi connectivity index (χ1) is 10.6. The monoisotopic (exact) mass is 321 g/mol. The van der Waals surface area contributed by atoms with Crippen LogP contribution >= 0.6 is 11.6 Å². The number of nitrogens with zero attached hydrogens (tertiary/aromatic N) is 1. The molecule has 118 valence electrons. The van der Waals surface area contributed by atoms with Gasteiger partial charge in [-0.3, -0.25) is 4.79 Å². The Labute approximate surface area is 135 Å². The number of para-hydroxylation sites is 1. The summed E-state index contributed by atoms with van der Waals surface area (Å²) in [7, 11) is 0. The van der Waals surface area contributed by atoms with E-state index in [0.29, 0.717) is 29.8 Å². The molecule has 1 unspecified atom stereocenters. The number of benzene rings is 1. The Balaban J connectivity index is 1.57. The van der Waals surface area contributed by atoms with Crippen molar-refractivity contribution < 1.29 is 9.59 Å². The molecule has 1 atom stereocenters. The van der Waals surface area contributed by atoms with Crippen molar-refractivity contribution in [3.8, 4) is 0 Å². The highest BCUT2D eigenvalue weighted by molar-refractivity contribution is 6.33. The van der Waals surface area contributed by atoms with Crippen LogP contribution in [0.4, 0.5) is 10.5 Å². The molecule has 2 aliphatic rings. The van der Waals surface area contributed by atoms with Gasteiger partial charge in [-0.2, -0.15) is 0 Å². The molecule has 1 aromatic carbocycles. The van der Waals surface area contributed by atoms with Crippen LogP contribution in [0, 0.1) is 5.92 Å². The summed E-state index contributed by atoms with van der Waals surface area (Å²) in [5.74, 6) is -0.257. The van der Waals surface area contributed by atoms with Crippen molar-refractivity contribution in [2.45, 2.75) is 31.7 Å². The zero-order chi connectivity index (χ0) is 15.5. The van der Waals surface area contributed by atoms with E-state index in [4.69, 9.17) is 11.6 Å². The van der Waals surface area contributed by atoms with Gasteiger partial charge in [-0.25, -0.2) is 4.79 Å². The van der Waals surface area contributed by atoms with Gasteiger partial charge in [0.2, 0.25) is 5.91 Å². The number of halogens is 1. The molecule has 3 amide bonds. The van der Waals surface area contributed by atoms with Gasteiger partial charge < -0.3 is 15.5 Å². The molecule has 0 radical (unpaired) electrons. The molecule has 1 heterocycles. The first kappa shape index (κ1) is 15.2. The van der Waals surface area contributed by atoms with Gasteiger partial charge in [-0.1, -0.05) is 23.7 Å². The number of urea groups is 1. The number of anilines is 1. The molecule has 0 bridgehead atoms. The molecule has 22 heavy (non-hydrogen) atoms. The summed E-state index contributed by atoms with van der Waals surface area (Å²) in [5.41, 5.74) is 0.619. The van der Waals surface area contributed by atoms with E-state index in [0.717, 1.165) is 25.7 Å². The van der Waals surface area contributed by atoms with Crippen molar-refractivity contribution in [3.05, 3.63) is 29.3 Å². The summed E-state index contributed by atoms with van der Waals surface area (Å²) in [5, 5.41) is 6.36. The van der Waals surface area contributed by atoms with Crippen molar-refractivity contribution in [2.24, 2.45) is 5.92 Å². The van der Waals surface area contributed by atoms with E-state index in [2.05, 4.69) is 10.6 Å². The quantitative estimate of drug-likeness (QED) is 0.899. The lowest BCUT2D eigenvalue weighted by atomic mass is 9.97. The number of amides is 3. The van der Waals surface area contributed by atoms with Crippen molar-refractivity contribution in [1.29, 1.82) is 0 Å². The minimum absolute atomic E-state index is 0.0438. The fourth-order valence-corrected chi connectivity index (χ4v) is 2.85. The van der Waals surface area contributed by atoms with Crippen LogP contribution in [0.5, 0.6) is 0 Å². The molecule has 1 aliphatic carbocycles. The lowest BCUT2D eigenvalue weighted by Gasteiger charge is -2.32. The summed E-state index contributed by atoms with van der Waals surface area (Å²) in [4.78, 5) is 26.2. The van der Waals surface area contributed by atoms with E-state index in [9.17, 15) is 9.59 Å². The van der Waals surface area contributed by atoms with Crippen molar-refractivity contribution >= 4 is 29.2 Å². The SMILES string of the molecule is O=C(Nc1ccccc1Cl)C1CCCN(C(=O)NC2CC2)C1. The molecule has 2 N–H and O–H groups in total. The third kappa shape index (κ3) is 3.71.